The average molecular weight is 458 g/mol. The van der Waals surface area contributed by atoms with Gasteiger partial charge in [-0.25, -0.2) is 0 Å². The predicted molar refractivity (Wildman–Crippen MR) is 127 cm³/mol. The molecule has 8 nitrogen and oxygen atoms in total. The molecule has 174 valence electrons. The highest BCUT2D eigenvalue weighted by Crippen LogP contribution is 2.30. The third-order valence-electron chi connectivity index (χ3n) is 6.22. The van der Waals surface area contributed by atoms with Crippen molar-refractivity contribution in [2.24, 2.45) is 0 Å². The monoisotopic (exact) mass is 457 g/mol. The van der Waals surface area contributed by atoms with Gasteiger partial charge in [-0.05, 0) is 49.6 Å². The van der Waals surface area contributed by atoms with Crippen LogP contribution in [0, 0.1) is 6.92 Å². The summed E-state index contributed by atoms with van der Waals surface area (Å²) in [6, 6.07) is 17.8. The SMILES string of the molecule is COc1ccc(-c2nn(Cc3ccccc3)cc2C(=O)N2CCC(c3nc(C)no3)CC2)cc1. The summed E-state index contributed by atoms with van der Waals surface area (Å²) in [4.78, 5) is 19.9. The number of nitrogens with zero attached hydrogens (tertiary/aromatic N) is 5. The van der Waals surface area contributed by atoms with Crippen LogP contribution in [0.25, 0.3) is 11.3 Å². The summed E-state index contributed by atoms with van der Waals surface area (Å²) in [5, 5.41) is 8.71. The predicted octanol–water partition coefficient (Wildman–Crippen LogP) is 4.32. The molecular formula is C26H27N5O3. The number of carbonyl (C=O) groups excluding carboxylic acids is 1. The summed E-state index contributed by atoms with van der Waals surface area (Å²) >= 11 is 0. The van der Waals surface area contributed by atoms with E-state index in [0.29, 0.717) is 42.6 Å². The topological polar surface area (TPSA) is 86.3 Å². The van der Waals surface area contributed by atoms with Gasteiger partial charge in [0.25, 0.3) is 5.91 Å². The van der Waals surface area contributed by atoms with Gasteiger partial charge in [0.2, 0.25) is 5.89 Å². The number of likely N-dealkylation sites (tertiary alicyclic amines) is 1. The molecule has 1 aliphatic heterocycles. The zero-order valence-electron chi connectivity index (χ0n) is 19.3. The van der Waals surface area contributed by atoms with Gasteiger partial charge in [-0.3, -0.25) is 9.48 Å². The zero-order valence-corrected chi connectivity index (χ0v) is 19.3. The third kappa shape index (κ3) is 4.57. The van der Waals surface area contributed by atoms with Gasteiger partial charge in [-0.1, -0.05) is 35.5 Å². The number of hydrogen-bond donors (Lipinski definition) is 0. The summed E-state index contributed by atoms with van der Waals surface area (Å²) in [6.07, 6.45) is 3.45. The fourth-order valence-corrected chi connectivity index (χ4v) is 4.37. The zero-order chi connectivity index (χ0) is 23.5. The second-order valence-electron chi connectivity index (χ2n) is 8.55. The fourth-order valence-electron chi connectivity index (χ4n) is 4.37. The number of hydrogen-bond acceptors (Lipinski definition) is 6. The van der Waals surface area contributed by atoms with E-state index >= 15 is 0 Å². The van der Waals surface area contributed by atoms with Crippen LogP contribution in [0.3, 0.4) is 0 Å². The van der Waals surface area contributed by atoms with Crippen molar-refractivity contribution in [1.29, 1.82) is 0 Å². The van der Waals surface area contributed by atoms with Crippen LogP contribution in [-0.2, 0) is 6.54 Å². The number of methoxy groups -OCH3 is 1. The smallest absolute Gasteiger partial charge is 0.257 e. The number of piperidine rings is 1. The van der Waals surface area contributed by atoms with Crippen molar-refractivity contribution >= 4 is 5.91 Å². The molecule has 8 heteroatoms. The molecule has 2 aromatic heterocycles. The lowest BCUT2D eigenvalue weighted by molar-refractivity contribution is 0.0705. The molecule has 0 radical (unpaired) electrons. The summed E-state index contributed by atoms with van der Waals surface area (Å²) < 4.78 is 12.5. The summed E-state index contributed by atoms with van der Waals surface area (Å²) in [5.74, 6) is 2.25. The highest BCUT2D eigenvalue weighted by molar-refractivity contribution is 5.99. The van der Waals surface area contributed by atoms with Gasteiger partial charge in [0, 0.05) is 30.8 Å². The lowest BCUT2D eigenvalue weighted by atomic mass is 9.96. The number of benzene rings is 2. The first-order valence-corrected chi connectivity index (χ1v) is 11.5. The third-order valence-corrected chi connectivity index (χ3v) is 6.22. The summed E-state index contributed by atoms with van der Waals surface area (Å²) in [6.45, 7) is 3.68. The van der Waals surface area contributed by atoms with E-state index in [1.165, 1.54) is 0 Å². The molecule has 0 aliphatic carbocycles. The number of rotatable bonds is 6. The highest BCUT2D eigenvalue weighted by Gasteiger charge is 2.30. The molecule has 1 saturated heterocycles. The second-order valence-corrected chi connectivity index (χ2v) is 8.55. The maximum Gasteiger partial charge on any atom is 0.257 e. The lowest BCUT2D eigenvalue weighted by Gasteiger charge is -2.30. The normalized spacial score (nSPS) is 14.4. The van der Waals surface area contributed by atoms with Gasteiger partial charge < -0.3 is 14.2 Å². The van der Waals surface area contributed by atoms with E-state index in [1.54, 1.807) is 7.11 Å². The lowest BCUT2D eigenvalue weighted by Crippen LogP contribution is -2.38. The number of amides is 1. The van der Waals surface area contributed by atoms with Gasteiger partial charge in [-0.15, -0.1) is 0 Å². The molecule has 0 saturated carbocycles. The molecule has 34 heavy (non-hydrogen) atoms. The molecule has 1 amide bonds. The summed E-state index contributed by atoms with van der Waals surface area (Å²) in [5.41, 5.74) is 3.29. The Hall–Kier alpha value is -3.94. The van der Waals surface area contributed by atoms with Crippen LogP contribution in [0.2, 0.25) is 0 Å². The molecule has 2 aromatic carbocycles. The highest BCUT2D eigenvalue weighted by atomic mass is 16.5. The molecule has 4 aromatic rings. The van der Waals surface area contributed by atoms with Crippen LogP contribution in [0.5, 0.6) is 5.75 Å². The first-order chi connectivity index (χ1) is 16.6. The van der Waals surface area contributed by atoms with Crippen molar-refractivity contribution in [2.75, 3.05) is 20.2 Å². The minimum absolute atomic E-state index is 0.00899. The van der Waals surface area contributed by atoms with Gasteiger partial charge in [-0.2, -0.15) is 10.1 Å². The Morgan fingerprint density at radius 3 is 2.47 bits per heavy atom. The number of carbonyl (C=O) groups is 1. The standard InChI is InChI=1S/C26H27N5O3/c1-18-27-25(34-29-18)21-12-14-30(15-13-21)26(32)23-17-31(16-19-6-4-3-5-7-19)28-24(23)20-8-10-22(33-2)11-9-20/h3-11,17,21H,12-16H2,1-2H3. The van der Waals surface area contributed by atoms with Crippen molar-refractivity contribution in [1.82, 2.24) is 24.8 Å². The van der Waals surface area contributed by atoms with Crippen LogP contribution >= 0.6 is 0 Å². The van der Waals surface area contributed by atoms with Gasteiger partial charge >= 0.3 is 0 Å². The van der Waals surface area contributed by atoms with Crippen molar-refractivity contribution in [3.63, 3.8) is 0 Å². The Morgan fingerprint density at radius 2 is 1.82 bits per heavy atom. The first-order valence-electron chi connectivity index (χ1n) is 11.5. The number of aromatic nitrogens is 4. The van der Waals surface area contributed by atoms with E-state index in [0.717, 1.165) is 29.7 Å². The van der Waals surface area contributed by atoms with Gasteiger partial charge in [0.1, 0.15) is 11.4 Å². The molecule has 1 fully saturated rings. The van der Waals surface area contributed by atoms with E-state index in [4.69, 9.17) is 14.4 Å². The van der Waals surface area contributed by atoms with E-state index in [1.807, 2.05) is 65.2 Å². The molecule has 5 rings (SSSR count). The van der Waals surface area contributed by atoms with Gasteiger partial charge in [0.15, 0.2) is 5.82 Å². The van der Waals surface area contributed by atoms with Crippen LogP contribution in [0.4, 0.5) is 0 Å². The van der Waals surface area contributed by atoms with Crippen molar-refractivity contribution < 1.29 is 14.1 Å². The Kier molecular flexibility index (Phi) is 6.12. The Bertz CT molecular complexity index is 1260. The first kappa shape index (κ1) is 21.9. The van der Waals surface area contributed by atoms with E-state index in [2.05, 4.69) is 22.3 Å². The Labute approximate surface area is 198 Å². The minimum atomic E-state index is -0.00899. The van der Waals surface area contributed by atoms with Crippen LogP contribution in [-0.4, -0.2) is 50.9 Å². The number of aryl methyl sites for hydroxylation is 1. The fraction of sp³-hybridized carbons (Fsp3) is 0.308. The molecule has 0 N–H and O–H groups in total. The maximum absolute atomic E-state index is 13.6. The van der Waals surface area contributed by atoms with Gasteiger partial charge in [0.05, 0.1) is 19.2 Å². The largest absolute Gasteiger partial charge is 0.497 e. The van der Waals surface area contributed by atoms with E-state index in [-0.39, 0.29) is 11.8 Å². The molecule has 0 atom stereocenters. The maximum atomic E-state index is 13.6. The minimum Gasteiger partial charge on any atom is -0.497 e. The van der Waals surface area contributed by atoms with E-state index < -0.39 is 0 Å². The van der Waals surface area contributed by atoms with Crippen LogP contribution in [0.1, 0.15) is 46.4 Å². The molecular weight excluding hydrogens is 430 g/mol. The van der Waals surface area contributed by atoms with Crippen molar-refractivity contribution in [3.8, 4) is 17.0 Å². The van der Waals surface area contributed by atoms with Crippen LogP contribution in [0.15, 0.2) is 65.3 Å². The second kappa shape index (κ2) is 9.51. The molecule has 3 heterocycles. The molecule has 1 aliphatic rings. The van der Waals surface area contributed by atoms with Crippen molar-refractivity contribution in [2.45, 2.75) is 32.2 Å². The quantitative estimate of drug-likeness (QED) is 0.429. The molecule has 0 bridgehead atoms. The van der Waals surface area contributed by atoms with E-state index in [9.17, 15) is 4.79 Å². The van der Waals surface area contributed by atoms with Crippen molar-refractivity contribution in [3.05, 3.63) is 83.6 Å². The molecule has 0 spiro atoms. The average Bonchev–Trinajstić information content (AvgIpc) is 3.51. The molecule has 0 unspecified atom stereocenters. The summed E-state index contributed by atoms with van der Waals surface area (Å²) in [7, 11) is 1.64. The van der Waals surface area contributed by atoms with Crippen LogP contribution < -0.4 is 4.74 Å². The Balaban J connectivity index is 1.40. The Morgan fingerprint density at radius 1 is 1.09 bits per heavy atom. The number of ether oxygens (including phenoxy) is 1.